The molecule has 5 aromatic carbocycles. The van der Waals surface area contributed by atoms with Gasteiger partial charge in [0.1, 0.15) is 0 Å². The predicted octanol–water partition coefficient (Wildman–Crippen LogP) is 7.81. The Labute approximate surface area is 290 Å². The molecule has 0 spiro atoms. The first-order valence-corrected chi connectivity index (χ1v) is 18.2. The molecule has 1 fully saturated rings. The van der Waals surface area contributed by atoms with Gasteiger partial charge in [0.2, 0.25) is 10.0 Å². The fraction of sp³-hybridized carbons (Fsp3) is 0.268. The molecule has 0 unspecified atom stereocenters. The van der Waals surface area contributed by atoms with Gasteiger partial charge in [-0.3, -0.25) is 4.90 Å². The number of aliphatic hydroxyl groups is 1. The highest BCUT2D eigenvalue weighted by Gasteiger charge is 2.39. The van der Waals surface area contributed by atoms with Crippen LogP contribution in [0.25, 0.3) is 11.1 Å². The lowest BCUT2D eigenvalue weighted by Gasteiger charge is -2.43. The van der Waals surface area contributed by atoms with Crippen LogP contribution < -0.4 is 4.72 Å². The summed E-state index contributed by atoms with van der Waals surface area (Å²) >= 11 is 0. The maximum Gasteiger partial charge on any atom is 0.240 e. The summed E-state index contributed by atoms with van der Waals surface area (Å²) in [4.78, 5) is 2.57. The molecule has 6 rings (SSSR count). The highest BCUT2D eigenvalue weighted by molar-refractivity contribution is 7.89. The zero-order chi connectivity index (χ0) is 34.4. The first-order valence-electron chi connectivity index (χ1n) is 16.7. The predicted molar refractivity (Wildman–Crippen MR) is 193 cm³/mol. The number of sulfonamides is 1. The SMILES string of the molecule is C[C@H]1[C@@H](CN(C)[C@@H](C)c2ccccc2)O[C@@H](c2cccc(-c3cccc(CNS(=O)(=O)c4ccccc4)c3)c2)O[C@H]1c1ccc(CO)cc1. The van der Waals surface area contributed by atoms with Crippen molar-refractivity contribution in [3.63, 3.8) is 0 Å². The summed E-state index contributed by atoms with van der Waals surface area (Å²) < 4.78 is 41.9. The summed E-state index contributed by atoms with van der Waals surface area (Å²) in [5.74, 6) is 0.0566. The van der Waals surface area contributed by atoms with Crippen LogP contribution in [-0.2, 0) is 32.6 Å². The highest BCUT2D eigenvalue weighted by Crippen LogP contribution is 2.43. The van der Waals surface area contributed by atoms with Crippen molar-refractivity contribution in [2.75, 3.05) is 13.6 Å². The van der Waals surface area contributed by atoms with Crippen molar-refractivity contribution in [1.82, 2.24) is 9.62 Å². The molecule has 1 aliphatic heterocycles. The lowest BCUT2D eigenvalue weighted by molar-refractivity contribution is -0.276. The number of nitrogens with one attached hydrogen (secondary N) is 1. The molecule has 0 saturated carbocycles. The summed E-state index contributed by atoms with van der Waals surface area (Å²) in [5.41, 5.74) is 6.85. The molecule has 0 bridgehead atoms. The first-order chi connectivity index (χ1) is 23.7. The molecule has 0 aliphatic carbocycles. The van der Waals surface area contributed by atoms with E-state index in [9.17, 15) is 13.5 Å². The van der Waals surface area contributed by atoms with E-state index in [1.807, 2.05) is 72.8 Å². The van der Waals surface area contributed by atoms with Crippen LogP contribution in [0.1, 0.15) is 60.1 Å². The molecule has 0 aromatic heterocycles. The fourth-order valence-corrected chi connectivity index (χ4v) is 7.38. The minimum atomic E-state index is -3.63. The van der Waals surface area contributed by atoms with E-state index in [1.54, 1.807) is 30.3 Å². The molecule has 0 amide bonds. The number of aliphatic hydroxyl groups excluding tert-OH is 1. The average Bonchev–Trinajstić information content (AvgIpc) is 3.15. The molecular formula is C41H44N2O5S. The van der Waals surface area contributed by atoms with Gasteiger partial charge < -0.3 is 14.6 Å². The minimum absolute atomic E-state index is 0.00915. The first kappa shape index (κ1) is 34.7. The van der Waals surface area contributed by atoms with Crippen LogP contribution in [-0.4, -0.2) is 38.1 Å². The molecule has 0 radical (unpaired) electrons. The Morgan fingerprint density at radius 2 is 1.41 bits per heavy atom. The van der Waals surface area contributed by atoms with Crippen LogP contribution >= 0.6 is 0 Å². The van der Waals surface area contributed by atoms with Crippen LogP contribution in [0, 0.1) is 5.92 Å². The molecule has 1 aliphatic rings. The van der Waals surface area contributed by atoms with E-state index in [0.717, 1.165) is 33.4 Å². The number of likely N-dealkylation sites (N-methyl/N-ethyl adjacent to an activating group) is 1. The second kappa shape index (κ2) is 15.6. The van der Waals surface area contributed by atoms with Gasteiger partial charge in [-0.25, -0.2) is 13.1 Å². The maximum atomic E-state index is 12.8. The topological polar surface area (TPSA) is 88.1 Å². The molecule has 1 heterocycles. The van der Waals surface area contributed by atoms with Gasteiger partial charge in [0.25, 0.3) is 0 Å². The van der Waals surface area contributed by atoms with Gasteiger partial charge in [-0.2, -0.15) is 0 Å². The molecule has 49 heavy (non-hydrogen) atoms. The monoisotopic (exact) mass is 676 g/mol. The third-order valence-electron chi connectivity index (χ3n) is 9.47. The third kappa shape index (κ3) is 8.36. The number of hydrogen-bond donors (Lipinski definition) is 2. The number of benzene rings is 5. The van der Waals surface area contributed by atoms with E-state index < -0.39 is 16.3 Å². The van der Waals surface area contributed by atoms with Gasteiger partial charge in [-0.15, -0.1) is 0 Å². The Balaban J connectivity index is 1.24. The molecule has 5 aromatic rings. The van der Waals surface area contributed by atoms with Gasteiger partial charge in [0, 0.05) is 30.6 Å². The van der Waals surface area contributed by atoms with Crippen LogP contribution in [0.2, 0.25) is 0 Å². The van der Waals surface area contributed by atoms with E-state index in [4.69, 9.17) is 9.47 Å². The number of ether oxygens (including phenoxy) is 2. The van der Waals surface area contributed by atoms with Crippen molar-refractivity contribution in [3.05, 3.63) is 161 Å². The molecule has 8 heteroatoms. The largest absolute Gasteiger partial charge is 0.392 e. The second-order valence-electron chi connectivity index (χ2n) is 12.8. The quantitative estimate of drug-likeness (QED) is 0.140. The van der Waals surface area contributed by atoms with Crippen LogP contribution in [0.15, 0.2) is 138 Å². The minimum Gasteiger partial charge on any atom is -0.392 e. The third-order valence-corrected chi connectivity index (χ3v) is 10.9. The number of rotatable bonds is 12. The highest BCUT2D eigenvalue weighted by atomic mass is 32.2. The molecule has 254 valence electrons. The molecule has 2 N–H and O–H groups in total. The Kier molecular flexibility index (Phi) is 11.0. The maximum absolute atomic E-state index is 12.8. The normalized spacial score (nSPS) is 20.3. The summed E-state index contributed by atoms with van der Waals surface area (Å²) in [6.07, 6.45) is -0.950. The summed E-state index contributed by atoms with van der Waals surface area (Å²) in [7, 11) is -1.49. The zero-order valence-electron chi connectivity index (χ0n) is 28.1. The lowest BCUT2D eigenvalue weighted by atomic mass is 9.89. The molecule has 7 nitrogen and oxygen atoms in total. The fourth-order valence-electron chi connectivity index (χ4n) is 6.34. The van der Waals surface area contributed by atoms with Gasteiger partial charge in [-0.05, 0) is 71.6 Å². The lowest BCUT2D eigenvalue weighted by Crippen LogP contribution is -2.44. The molecule has 5 atom stereocenters. The Hall–Kier alpha value is -4.15. The number of hydrogen-bond acceptors (Lipinski definition) is 6. The number of nitrogens with zero attached hydrogens (tertiary/aromatic N) is 1. The van der Waals surface area contributed by atoms with E-state index in [1.165, 1.54) is 5.56 Å². The van der Waals surface area contributed by atoms with Crippen molar-refractivity contribution >= 4 is 10.0 Å². The summed E-state index contributed by atoms with van der Waals surface area (Å²) in [6.45, 7) is 5.27. The van der Waals surface area contributed by atoms with E-state index in [2.05, 4.69) is 60.8 Å². The van der Waals surface area contributed by atoms with Crippen molar-refractivity contribution in [3.8, 4) is 11.1 Å². The second-order valence-corrected chi connectivity index (χ2v) is 14.6. The van der Waals surface area contributed by atoms with Gasteiger partial charge in [-0.1, -0.05) is 116 Å². The van der Waals surface area contributed by atoms with Crippen molar-refractivity contribution in [2.45, 2.75) is 56.4 Å². The average molecular weight is 677 g/mol. The van der Waals surface area contributed by atoms with Crippen molar-refractivity contribution in [1.29, 1.82) is 0 Å². The Morgan fingerprint density at radius 1 is 0.755 bits per heavy atom. The summed E-state index contributed by atoms with van der Waals surface area (Å²) in [6, 6.07) is 43.1. The summed E-state index contributed by atoms with van der Waals surface area (Å²) in [5, 5.41) is 9.63. The van der Waals surface area contributed by atoms with Crippen LogP contribution in [0.4, 0.5) is 0 Å². The van der Waals surface area contributed by atoms with Gasteiger partial charge >= 0.3 is 0 Å². The van der Waals surface area contributed by atoms with Crippen molar-refractivity contribution in [2.24, 2.45) is 5.92 Å². The van der Waals surface area contributed by atoms with Crippen molar-refractivity contribution < 1.29 is 23.0 Å². The van der Waals surface area contributed by atoms with Gasteiger partial charge in [0.05, 0.1) is 23.7 Å². The Bertz CT molecular complexity index is 1920. The molecule has 1 saturated heterocycles. The van der Waals surface area contributed by atoms with E-state index >= 15 is 0 Å². The van der Waals surface area contributed by atoms with E-state index in [0.29, 0.717) is 6.54 Å². The van der Waals surface area contributed by atoms with E-state index in [-0.39, 0.29) is 42.2 Å². The Morgan fingerprint density at radius 3 is 2.10 bits per heavy atom. The van der Waals surface area contributed by atoms with Crippen LogP contribution in [0.5, 0.6) is 0 Å². The smallest absolute Gasteiger partial charge is 0.240 e. The molecular weight excluding hydrogens is 633 g/mol. The standard InChI is InChI=1S/C41H44N2O5S/c1-29-39(27-43(3)30(2)33-13-6-4-7-14-33)47-41(48-40(29)34-22-20-31(28-44)21-23-34)37-17-11-16-36(25-37)35-15-10-12-32(24-35)26-42-49(45,46)38-18-8-5-9-19-38/h4-25,29-30,39-42,44H,26-28H2,1-3H3/t29-,30-,39+,40+,41+/m0/s1. The van der Waals surface area contributed by atoms with Crippen LogP contribution in [0.3, 0.4) is 0 Å². The zero-order valence-corrected chi connectivity index (χ0v) is 29.0. The van der Waals surface area contributed by atoms with Gasteiger partial charge in [0.15, 0.2) is 6.29 Å².